The molecular weight excluding hydrogens is 478 g/mol. The second kappa shape index (κ2) is 10.6. The van der Waals surface area contributed by atoms with Gasteiger partial charge in [-0.1, -0.05) is 17.8 Å². The van der Waals surface area contributed by atoms with E-state index in [0.717, 1.165) is 52.4 Å². The van der Waals surface area contributed by atoms with Gasteiger partial charge >= 0.3 is 5.76 Å². The highest BCUT2D eigenvalue weighted by Gasteiger charge is 2.19. The summed E-state index contributed by atoms with van der Waals surface area (Å²) in [6, 6.07) is 7.87. The smallest absolute Gasteiger partial charge is 0.419 e. The van der Waals surface area contributed by atoms with Gasteiger partial charge in [0.2, 0.25) is 16.9 Å². The predicted molar refractivity (Wildman–Crippen MR) is 141 cm³/mol. The van der Waals surface area contributed by atoms with Gasteiger partial charge in [-0.3, -0.25) is 9.36 Å². The maximum absolute atomic E-state index is 12.7. The van der Waals surface area contributed by atoms with Crippen LogP contribution in [0.1, 0.15) is 57.2 Å². The number of unbranched alkanes of at least 4 members (excludes halogenated alkanes) is 1. The number of aryl methyl sites for hydroxylation is 5. The fraction of sp³-hybridized carbons (Fsp3) is 0.333. The first-order valence-corrected chi connectivity index (χ1v) is 12.8. The number of thioether (sulfide) groups is 1. The highest BCUT2D eigenvalue weighted by atomic mass is 32.2. The third-order valence-corrected chi connectivity index (χ3v) is 6.69. The molecule has 0 spiro atoms. The molecule has 2 aromatic carbocycles. The van der Waals surface area contributed by atoms with Gasteiger partial charge in [-0.15, -0.1) is 10.2 Å². The Morgan fingerprint density at radius 3 is 2.47 bits per heavy atom. The Hall–Kier alpha value is -3.59. The third-order valence-electron chi connectivity index (χ3n) is 6.10. The highest BCUT2D eigenvalue weighted by Crippen LogP contribution is 2.35. The zero-order valence-corrected chi connectivity index (χ0v) is 22.1. The molecular formula is C27H29N3O5S. The molecule has 188 valence electrons. The molecule has 8 nitrogen and oxygen atoms in total. The van der Waals surface area contributed by atoms with E-state index in [-0.39, 0.29) is 5.12 Å². The number of hydrogen-bond acceptors (Lipinski definition) is 8. The van der Waals surface area contributed by atoms with Gasteiger partial charge in [-0.2, -0.15) is 0 Å². The second-order valence-electron chi connectivity index (χ2n) is 8.66. The number of ether oxygens (including phenoxy) is 1. The molecule has 0 fully saturated rings. The van der Waals surface area contributed by atoms with Gasteiger partial charge in [0.15, 0.2) is 5.58 Å². The Balaban J connectivity index is 1.82. The van der Waals surface area contributed by atoms with Crippen molar-refractivity contribution in [2.45, 2.75) is 40.0 Å². The van der Waals surface area contributed by atoms with E-state index in [0.29, 0.717) is 40.6 Å². The molecule has 0 radical (unpaired) electrons. The molecule has 0 aliphatic heterocycles. The molecule has 0 saturated heterocycles. The van der Waals surface area contributed by atoms with Gasteiger partial charge in [0.05, 0.1) is 18.2 Å². The summed E-state index contributed by atoms with van der Waals surface area (Å²) in [6.07, 6.45) is 6.13. The van der Waals surface area contributed by atoms with Crippen LogP contribution in [0.5, 0.6) is 5.75 Å². The molecule has 4 aromatic rings. The Kier molecular flexibility index (Phi) is 7.49. The van der Waals surface area contributed by atoms with E-state index in [1.165, 1.54) is 4.57 Å². The number of methoxy groups -OCH3 is 1. The molecule has 0 unspecified atom stereocenters. The van der Waals surface area contributed by atoms with Crippen molar-refractivity contribution in [1.82, 2.24) is 14.8 Å². The van der Waals surface area contributed by atoms with Gasteiger partial charge in [-0.25, -0.2) is 4.79 Å². The van der Waals surface area contributed by atoms with E-state index in [1.807, 2.05) is 38.1 Å². The first-order chi connectivity index (χ1) is 17.2. The molecule has 0 aliphatic rings. The Labute approximate surface area is 213 Å². The van der Waals surface area contributed by atoms with E-state index in [9.17, 15) is 9.59 Å². The zero-order valence-electron chi connectivity index (χ0n) is 21.3. The van der Waals surface area contributed by atoms with Gasteiger partial charge in [-0.05, 0) is 85.0 Å². The average Bonchev–Trinajstić information content (AvgIpc) is 3.40. The van der Waals surface area contributed by atoms with Crippen LogP contribution < -0.4 is 10.5 Å². The van der Waals surface area contributed by atoms with E-state index in [4.69, 9.17) is 13.6 Å². The van der Waals surface area contributed by atoms with Gasteiger partial charge in [0.25, 0.3) is 0 Å². The summed E-state index contributed by atoms with van der Waals surface area (Å²) in [7, 11) is 3.27. The summed E-state index contributed by atoms with van der Waals surface area (Å²) in [6.45, 7) is 5.63. The Morgan fingerprint density at radius 1 is 1.08 bits per heavy atom. The minimum atomic E-state index is -0.404. The lowest BCUT2D eigenvalue weighted by Gasteiger charge is -2.16. The number of rotatable bonds is 8. The number of oxazole rings is 1. The van der Waals surface area contributed by atoms with Crippen molar-refractivity contribution in [1.29, 1.82) is 0 Å². The summed E-state index contributed by atoms with van der Waals surface area (Å²) >= 11 is 1.15. The van der Waals surface area contributed by atoms with Crippen LogP contribution in [0, 0.1) is 20.8 Å². The maximum atomic E-state index is 12.7. The van der Waals surface area contributed by atoms with Gasteiger partial charge in [0.1, 0.15) is 5.75 Å². The highest BCUT2D eigenvalue weighted by molar-refractivity contribution is 8.13. The second-order valence-corrected chi connectivity index (χ2v) is 9.44. The van der Waals surface area contributed by atoms with Crippen molar-refractivity contribution >= 4 is 33.5 Å². The summed E-state index contributed by atoms with van der Waals surface area (Å²) < 4.78 is 18.0. The topological polar surface area (TPSA) is 100 Å². The van der Waals surface area contributed by atoms with Crippen molar-refractivity contribution in [3.8, 4) is 5.75 Å². The van der Waals surface area contributed by atoms with Crippen molar-refractivity contribution in [3.63, 3.8) is 0 Å². The van der Waals surface area contributed by atoms with Gasteiger partial charge in [0, 0.05) is 20.4 Å². The number of carbonyl (C=O) groups excluding carboxylic acids is 1. The molecule has 9 heteroatoms. The first-order valence-electron chi connectivity index (χ1n) is 11.6. The van der Waals surface area contributed by atoms with Crippen LogP contribution >= 0.6 is 11.8 Å². The number of allylic oxidation sites excluding steroid dienone is 1. The van der Waals surface area contributed by atoms with Crippen LogP contribution in [-0.4, -0.2) is 33.2 Å². The molecule has 0 saturated carbocycles. The van der Waals surface area contributed by atoms with E-state index in [1.54, 1.807) is 27.3 Å². The molecule has 0 bridgehead atoms. The van der Waals surface area contributed by atoms with E-state index in [2.05, 4.69) is 16.3 Å². The van der Waals surface area contributed by atoms with Crippen LogP contribution in [0.2, 0.25) is 0 Å². The number of hydrogen-bond donors (Lipinski definition) is 0. The number of aromatic nitrogens is 3. The molecule has 0 amide bonds. The normalized spacial score (nSPS) is 11.9. The lowest BCUT2D eigenvalue weighted by atomic mass is 9.92. The average molecular weight is 508 g/mol. The fourth-order valence-corrected chi connectivity index (χ4v) is 4.72. The monoisotopic (exact) mass is 507 g/mol. The van der Waals surface area contributed by atoms with Crippen LogP contribution in [0.3, 0.4) is 0 Å². The summed E-state index contributed by atoms with van der Waals surface area (Å²) in [5.74, 6) is 1.34. The standard InChI is InChI=1S/C27H29N3O5S/c1-15-11-18(13-21(24(15)33-5)26(31)36-6)20(9-7-8-10-23-29-28-17(3)34-23)19-12-16(2)25-22(14-19)30(4)27(32)35-25/h9,11-14H,7-8,10H2,1-6H3/b20-9-. The minimum Gasteiger partial charge on any atom is -0.496 e. The van der Waals surface area contributed by atoms with Crippen molar-refractivity contribution in [2.75, 3.05) is 13.4 Å². The van der Waals surface area contributed by atoms with Crippen LogP contribution in [-0.2, 0) is 13.5 Å². The predicted octanol–water partition coefficient (Wildman–Crippen LogP) is 5.41. The number of nitrogens with zero attached hydrogens (tertiary/aromatic N) is 3. The first kappa shape index (κ1) is 25.5. The summed E-state index contributed by atoms with van der Waals surface area (Å²) in [5, 5.41) is 7.90. The van der Waals surface area contributed by atoms with E-state index < -0.39 is 5.76 Å². The van der Waals surface area contributed by atoms with Crippen molar-refractivity contribution < 1.29 is 18.4 Å². The fourth-order valence-electron chi connectivity index (χ4n) is 4.35. The Bertz CT molecular complexity index is 1530. The molecule has 36 heavy (non-hydrogen) atoms. The molecule has 4 rings (SSSR count). The minimum absolute atomic E-state index is 0.0632. The maximum Gasteiger partial charge on any atom is 0.419 e. The van der Waals surface area contributed by atoms with Crippen LogP contribution in [0.4, 0.5) is 0 Å². The zero-order chi connectivity index (χ0) is 26.0. The number of benzene rings is 2. The molecule has 2 heterocycles. The molecule has 2 aromatic heterocycles. The summed E-state index contributed by atoms with van der Waals surface area (Å²) in [5.41, 5.74) is 6.32. The van der Waals surface area contributed by atoms with Crippen LogP contribution in [0.25, 0.3) is 16.7 Å². The van der Waals surface area contributed by atoms with Gasteiger partial charge < -0.3 is 13.6 Å². The van der Waals surface area contributed by atoms with Crippen molar-refractivity contribution in [3.05, 3.63) is 80.5 Å². The molecule has 0 N–H and O–H groups in total. The third kappa shape index (κ3) is 5.02. The SMILES string of the molecule is COc1c(C)cc(/C(=C/CCCc2nnc(C)o2)c2cc(C)c3oc(=O)n(C)c3c2)cc1C(=O)SC. The lowest BCUT2D eigenvalue weighted by Crippen LogP contribution is -2.08. The number of carbonyl (C=O) groups is 1. The van der Waals surface area contributed by atoms with Crippen LogP contribution in [0.15, 0.2) is 44.0 Å². The van der Waals surface area contributed by atoms with Crippen molar-refractivity contribution in [2.24, 2.45) is 7.05 Å². The molecule has 0 atom stereocenters. The quantitative estimate of drug-likeness (QED) is 0.292. The van der Waals surface area contributed by atoms with E-state index >= 15 is 0 Å². The summed E-state index contributed by atoms with van der Waals surface area (Å²) in [4.78, 5) is 24.9. The number of fused-ring (bicyclic) bond motifs is 1. The molecule has 0 aliphatic carbocycles. The Morgan fingerprint density at radius 2 is 1.81 bits per heavy atom. The lowest BCUT2D eigenvalue weighted by molar-refractivity contribution is 0.108. The largest absolute Gasteiger partial charge is 0.496 e.